The van der Waals surface area contributed by atoms with E-state index in [0.717, 1.165) is 38.5 Å². The average molecular weight is 426 g/mol. The van der Waals surface area contributed by atoms with Crippen molar-refractivity contribution < 1.29 is 23.6 Å². The van der Waals surface area contributed by atoms with Crippen LogP contribution in [0.2, 0.25) is 0 Å². The number of rotatable bonds is 4. The fourth-order valence-corrected chi connectivity index (χ4v) is 4.75. The third kappa shape index (κ3) is 3.73. The van der Waals surface area contributed by atoms with Gasteiger partial charge in [-0.1, -0.05) is 30.8 Å². The van der Waals surface area contributed by atoms with E-state index in [2.05, 4.69) is 15.5 Å². The summed E-state index contributed by atoms with van der Waals surface area (Å²) >= 11 is 0. The van der Waals surface area contributed by atoms with E-state index < -0.39 is 11.5 Å². The second kappa shape index (κ2) is 7.86. The number of fused-ring (bicyclic) bond motifs is 1. The Morgan fingerprint density at radius 3 is 2.68 bits per heavy atom. The highest BCUT2D eigenvalue weighted by Crippen LogP contribution is 2.38. The van der Waals surface area contributed by atoms with Gasteiger partial charge in [0.05, 0.1) is 5.92 Å². The molecule has 1 N–H and O–H groups in total. The molecule has 1 atom stereocenters. The molecule has 2 amide bonds. The number of carbonyl (C=O) groups excluding carboxylic acids is 2. The summed E-state index contributed by atoms with van der Waals surface area (Å²) in [6, 6.07) is 5.40. The van der Waals surface area contributed by atoms with E-state index in [-0.39, 0.29) is 25.0 Å². The Bertz CT molecular complexity index is 996. The van der Waals surface area contributed by atoms with Gasteiger partial charge in [0.2, 0.25) is 24.5 Å². The molecule has 1 aromatic heterocycles. The molecule has 0 bridgehead atoms. The van der Waals surface area contributed by atoms with Crippen LogP contribution in [-0.4, -0.2) is 35.3 Å². The number of carbonyl (C=O) groups is 2. The number of nitrogens with one attached hydrogen (secondary N) is 1. The Kier molecular flexibility index (Phi) is 5.03. The molecule has 1 aliphatic carbocycles. The Hall–Kier alpha value is -3.10. The van der Waals surface area contributed by atoms with Gasteiger partial charge in [0.25, 0.3) is 0 Å². The summed E-state index contributed by atoms with van der Waals surface area (Å²) in [5.74, 6) is 1.64. The van der Waals surface area contributed by atoms with Gasteiger partial charge in [-0.25, -0.2) is 0 Å². The number of hydrogen-bond acceptors (Lipinski definition) is 7. The zero-order chi connectivity index (χ0) is 21.4. The zero-order valence-corrected chi connectivity index (χ0v) is 17.6. The summed E-state index contributed by atoms with van der Waals surface area (Å²) in [5.41, 5.74) is 0.0723. The second-order valence-electron chi connectivity index (χ2n) is 8.57. The third-order valence-electron chi connectivity index (χ3n) is 6.44. The van der Waals surface area contributed by atoms with Gasteiger partial charge in [-0.2, -0.15) is 4.98 Å². The topological polar surface area (TPSA) is 107 Å². The largest absolute Gasteiger partial charge is 0.454 e. The predicted octanol–water partition coefficient (Wildman–Crippen LogP) is 2.83. The Morgan fingerprint density at radius 1 is 1.16 bits per heavy atom. The van der Waals surface area contributed by atoms with Gasteiger partial charge in [-0.15, -0.1) is 0 Å². The van der Waals surface area contributed by atoms with Crippen LogP contribution in [0.25, 0.3) is 0 Å². The van der Waals surface area contributed by atoms with Crippen LogP contribution in [0.1, 0.15) is 56.7 Å². The summed E-state index contributed by atoms with van der Waals surface area (Å²) in [5, 5.41) is 7.37. The first kappa shape index (κ1) is 19.8. The minimum Gasteiger partial charge on any atom is -0.454 e. The molecule has 9 nitrogen and oxygen atoms in total. The van der Waals surface area contributed by atoms with Gasteiger partial charge < -0.3 is 24.2 Å². The predicted molar refractivity (Wildman–Crippen MR) is 110 cm³/mol. The summed E-state index contributed by atoms with van der Waals surface area (Å²) < 4.78 is 16.0. The number of aryl methyl sites for hydroxylation is 1. The quantitative estimate of drug-likeness (QED) is 0.749. The zero-order valence-electron chi connectivity index (χ0n) is 17.6. The molecule has 1 saturated heterocycles. The monoisotopic (exact) mass is 426 g/mol. The van der Waals surface area contributed by atoms with Crippen LogP contribution in [0.15, 0.2) is 22.7 Å². The van der Waals surface area contributed by atoms with E-state index in [0.29, 0.717) is 35.4 Å². The van der Waals surface area contributed by atoms with Crippen LogP contribution in [0.3, 0.4) is 0 Å². The molecule has 2 fully saturated rings. The Morgan fingerprint density at radius 2 is 1.94 bits per heavy atom. The number of anilines is 1. The lowest BCUT2D eigenvalue weighted by molar-refractivity contribution is -0.128. The first-order valence-corrected chi connectivity index (χ1v) is 10.9. The molecular weight excluding hydrogens is 400 g/mol. The first-order valence-electron chi connectivity index (χ1n) is 10.9. The van der Waals surface area contributed by atoms with Gasteiger partial charge >= 0.3 is 0 Å². The molecule has 31 heavy (non-hydrogen) atoms. The molecule has 5 rings (SSSR count). The van der Waals surface area contributed by atoms with E-state index in [1.54, 1.807) is 24.0 Å². The summed E-state index contributed by atoms with van der Waals surface area (Å²) in [6.07, 6.45) is 5.92. The molecule has 1 aromatic carbocycles. The fourth-order valence-electron chi connectivity index (χ4n) is 4.75. The number of nitrogens with zero attached hydrogens (tertiary/aromatic N) is 3. The van der Waals surface area contributed by atoms with Crippen molar-refractivity contribution in [1.82, 2.24) is 15.5 Å². The maximum absolute atomic E-state index is 13.3. The van der Waals surface area contributed by atoms with Crippen LogP contribution in [0, 0.1) is 12.8 Å². The number of aromatic nitrogens is 2. The SMILES string of the molecule is Cc1nc(C2(NC(=O)C3CC(=O)N(c4ccc5c(c4)OCO5)C3)CCCCCC2)no1. The lowest BCUT2D eigenvalue weighted by Crippen LogP contribution is -2.49. The van der Waals surface area contributed by atoms with Gasteiger partial charge in [0.1, 0.15) is 5.54 Å². The van der Waals surface area contributed by atoms with E-state index in [1.807, 2.05) is 6.07 Å². The van der Waals surface area contributed by atoms with Gasteiger partial charge in [0, 0.05) is 31.6 Å². The molecule has 3 aliphatic rings. The van der Waals surface area contributed by atoms with Crippen molar-refractivity contribution in [1.29, 1.82) is 0 Å². The van der Waals surface area contributed by atoms with Crippen molar-refractivity contribution in [3.63, 3.8) is 0 Å². The molecule has 0 spiro atoms. The number of amides is 2. The minimum absolute atomic E-state index is 0.0793. The average Bonchev–Trinajstić information content (AvgIpc) is 3.45. The summed E-state index contributed by atoms with van der Waals surface area (Å²) in [4.78, 5) is 32.1. The third-order valence-corrected chi connectivity index (χ3v) is 6.44. The maximum atomic E-state index is 13.3. The van der Waals surface area contributed by atoms with E-state index in [4.69, 9.17) is 14.0 Å². The lowest BCUT2D eigenvalue weighted by atomic mass is 9.88. The van der Waals surface area contributed by atoms with E-state index >= 15 is 0 Å². The molecule has 9 heteroatoms. The molecule has 1 unspecified atom stereocenters. The standard InChI is InChI=1S/C22H26N4O5/c1-14-23-21(25-31-14)22(8-4-2-3-5-9-22)24-20(28)15-10-19(27)26(12-15)16-6-7-17-18(11-16)30-13-29-17/h6-7,11,15H,2-5,8-10,12-13H2,1H3,(H,24,28). The Labute approximate surface area is 180 Å². The van der Waals surface area contributed by atoms with Gasteiger partial charge in [-0.3, -0.25) is 9.59 Å². The molecule has 3 heterocycles. The van der Waals surface area contributed by atoms with E-state index in [9.17, 15) is 9.59 Å². The van der Waals surface area contributed by atoms with Gasteiger partial charge in [-0.05, 0) is 25.0 Å². The Balaban J connectivity index is 1.34. The van der Waals surface area contributed by atoms with Gasteiger partial charge in [0.15, 0.2) is 17.3 Å². The van der Waals surface area contributed by atoms with Crippen LogP contribution in [0.4, 0.5) is 5.69 Å². The first-order chi connectivity index (χ1) is 15.0. The normalized spacial score (nSPS) is 22.4. The highest BCUT2D eigenvalue weighted by molar-refractivity contribution is 6.00. The van der Waals surface area contributed by atoms with E-state index in [1.165, 1.54) is 0 Å². The van der Waals surface area contributed by atoms with Crippen LogP contribution < -0.4 is 19.7 Å². The molecular formula is C22H26N4O5. The number of ether oxygens (including phenoxy) is 2. The van der Waals surface area contributed by atoms with Crippen molar-refractivity contribution >= 4 is 17.5 Å². The van der Waals surface area contributed by atoms with Crippen LogP contribution in [-0.2, 0) is 15.1 Å². The summed E-state index contributed by atoms with van der Waals surface area (Å²) in [7, 11) is 0. The van der Waals surface area contributed by atoms with Crippen LogP contribution in [0.5, 0.6) is 11.5 Å². The minimum atomic E-state index is -0.638. The molecule has 2 aromatic rings. The van der Waals surface area contributed by atoms with Crippen LogP contribution >= 0.6 is 0 Å². The lowest BCUT2D eigenvalue weighted by Gasteiger charge is -2.31. The molecule has 0 radical (unpaired) electrons. The summed E-state index contributed by atoms with van der Waals surface area (Å²) in [6.45, 7) is 2.25. The van der Waals surface area contributed by atoms with Crippen molar-refractivity contribution in [2.24, 2.45) is 5.92 Å². The van der Waals surface area contributed by atoms with Crippen molar-refractivity contribution in [2.75, 3.05) is 18.2 Å². The smallest absolute Gasteiger partial charge is 0.231 e. The highest BCUT2D eigenvalue weighted by atomic mass is 16.7. The number of hydrogen-bond donors (Lipinski definition) is 1. The maximum Gasteiger partial charge on any atom is 0.231 e. The van der Waals surface area contributed by atoms with Crippen molar-refractivity contribution in [3.8, 4) is 11.5 Å². The number of benzene rings is 1. The van der Waals surface area contributed by atoms with Crippen molar-refractivity contribution in [2.45, 2.75) is 57.4 Å². The molecule has 1 saturated carbocycles. The molecule has 164 valence electrons. The van der Waals surface area contributed by atoms with Crippen molar-refractivity contribution in [3.05, 3.63) is 29.9 Å². The fraction of sp³-hybridized carbons (Fsp3) is 0.545. The molecule has 2 aliphatic heterocycles. The highest BCUT2D eigenvalue weighted by Gasteiger charge is 2.43. The second-order valence-corrected chi connectivity index (χ2v) is 8.57.